The van der Waals surface area contributed by atoms with E-state index in [-0.39, 0.29) is 5.38 Å². The minimum Gasteiger partial charge on any atom is -0.378 e. The highest BCUT2D eigenvalue weighted by molar-refractivity contribution is 6.22. The largest absolute Gasteiger partial charge is 0.378 e. The van der Waals surface area contributed by atoms with E-state index in [1.807, 2.05) is 0 Å². The summed E-state index contributed by atoms with van der Waals surface area (Å²) < 4.78 is 5.31. The monoisotopic (exact) mass is 201 g/mol. The van der Waals surface area contributed by atoms with Gasteiger partial charge in [0.15, 0.2) is 0 Å². The predicted octanol–water partition coefficient (Wildman–Crippen LogP) is 1.99. The minimum atomic E-state index is 0.242. The van der Waals surface area contributed by atoms with Crippen molar-refractivity contribution in [2.45, 2.75) is 24.6 Å². The molecule has 1 atom stereocenters. The van der Waals surface area contributed by atoms with Crippen molar-refractivity contribution in [1.82, 2.24) is 4.90 Å². The zero-order valence-electron chi connectivity index (χ0n) is 7.84. The number of hydrogen-bond acceptors (Lipinski definition) is 2. The number of alkyl halides is 1. The summed E-state index contributed by atoms with van der Waals surface area (Å²) in [5.74, 6) is 0. The van der Waals surface area contributed by atoms with Gasteiger partial charge in [0, 0.05) is 18.8 Å². The van der Waals surface area contributed by atoms with Gasteiger partial charge in [-0.25, -0.2) is 0 Å². The molecular weight excluding hydrogens is 186 g/mol. The molecule has 3 heteroatoms. The highest BCUT2D eigenvalue weighted by atomic mass is 35.5. The maximum absolute atomic E-state index is 6.27. The molecule has 0 aromatic rings. The fourth-order valence-corrected chi connectivity index (χ4v) is 2.35. The van der Waals surface area contributed by atoms with Crippen molar-refractivity contribution >= 4 is 11.6 Å². The van der Waals surface area contributed by atoms with Crippen LogP contribution in [0.25, 0.3) is 0 Å². The quantitative estimate of drug-likeness (QED) is 0.602. The van der Waals surface area contributed by atoms with Crippen molar-refractivity contribution in [3.05, 3.63) is 11.8 Å². The Morgan fingerprint density at radius 1 is 1.38 bits per heavy atom. The minimum absolute atomic E-state index is 0.242. The fraction of sp³-hybridized carbons (Fsp3) is 0.800. The Hall–Kier alpha value is -0.210. The van der Waals surface area contributed by atoms with E-state index in [9.17, 15) is 0 Å². The first kappa shape index (κ1) is 9.35. The Balaban J connectivity index is 2.00. The Morgan fingerprint density at radius 3 is 2.85 bits per heavy atom. The molecule has 0 N–H and O–H groups in total. The summed E-state index contributed by atoms with van der Waals surface area (Å²) in [6.07, 6.45) is 5.86. The molecule has 0 bridgehead atoms. The molecule has 0 aromatic carbocycles. The van der Waals surface area contributed by atoms with Crippen LogP contribution in [0.4, 0.5) is 0 Å². The van der Waals surface area contributed by atoms with Crippen LogP contribution in [-0.4, -0.2) is 36.6 Å². The van der Waals surface area contributed by atoms with Gasteiger partial charge in [-0.1, -0.05) is 6.08 Å². The third-order valence-corrected chi connectivity index (χ3v) is 3.15. The summed E-state index contributed by atoms with van der Waals surface area (Å²) in [6.45, 7) is 3.71. The van der Waals surface area contributed by atoms with Gasteiger partial charge in [0.05, 0.1) is 18.6 Å². The topological polar surface area (TPSA) is 12.5 Å². The summed E-state index contributed by atoms with van der Waals surface area (Å²) in [6, 6.07) is 0. The van der Waals surface area contributed by atoms with Crippen LogP contribution in [0, 0.1) is 0 Å². The van der Waals surface area contributed by atoms with Crippen molar-refractivity contribution in [2.75, 3.05) is 26.3 Å². The molecule has 74 valence electrons. The van der Waals surface area contributed by atoms with E-state index < -0.39 is 0 Å². The van der Waals surface area contributed by atoms with E-state index in [2.05, 4.69) is 11.0 Å². The number of nitrogens with zero attached hydrogens (tertiary/aromatic N) is 1. The molecule has 1 heterocycles. The second-order valence-electron chi connectivity index (χ2n) is 3.63. The summed E-state index contributed by atoms with van der Waals surface area (Å²) >= 11 is 6.27. The lowest BCUT2D eigenvalue weighted by Gasteiger charge is -2.34. The van der Waals surface area contributed by atoms with Crippen LogP contribution in [-0.2, 0) is 4.74 Å². The van der Waals surface area contributed by atoms with Gasteiger partial charge in [-0.2, -0.15) is 0 Å². The standard InChI is InChI=1S/C10H16ClNO/c11-9-3-1-2-4-10(9)12-5-7-13-8-6-12/h4,9H,1-3,5-8H2. The van der Waals surface area contributed by atoms with Gasteiger partial charge in [0.2, 0.25) is 0 Å². The number of allylic oxidation sites excluding steroid dienone is 2. The fourth-order valence-electron chi connectivity index (χ4n) is 1.97. The van der Waals surface area contributed by atoms with Gasteiger partial charge in [-0.15, -0.1) is 11.6 Å². The van der Waals surface area contributed by atoms with Gasteiger partial charge in [-0.05, 0) is 19.3 Å². The molecule has 13 heavy (non-hydrogen) atoms. The lowest BCUT2D eigenvalue weighted by Crippen LogP contribution is -2.38. The van der Waals surface area contributed by atoms with Crippen LogP contribution < -0.4 is 0 Å². The summed E-state index contributed by atoms with van der Waals surface area (Å²) in [5.41, 5.74) is 1.34. The maximum atomic E-state index is 6.27. The molecule has 1 saturated heterocycles. The van der Waals surface area contributed by atoms with Gasteiger partial charge in [-0.3, -0.25) is 0 Å². The first-order chi connectivity index (χ1) is 6.38. The molecule has 2 aliphatic rings. The van der Waals surface area contributed by atoms with Crippen LogP contribution in [0.2, 0.25) is 0 Å². The van der Waals surface area contributed by atoms with Crippen LogP contribution in [0.3, 0.4) is 0 Å². The van der Waals surface area contributed by atoms with E-state index in [0.29, 0.717) is 0 Å². The first-order valence-electron chi connectivity index (χ1n) is 5.05. The van der Waals surface area contributed by atoms with E-state index >= 15 is 0 Å². The summed E-state index contributed by atoms with van der Waals surface area (Å²) in [5, 5.41) is 0.242. The van der Waals surface area contributed by atoms with Gasteiger partial charge < -0.3 is 9.64 Å². The molecule has 0 amide bonds. The lowest BCUT2D eigenvalue weighted by molar-refractivity contribution is 0.0515. The van der Waals surface area contributed by atoms with Gasteiger partial charge in [0.1, 0.15) is 0 Å². The van der Waals surface area contributed by atoms with Crippen molar-refractivity contribution in [1.29, 1.82) is 0 Å². The van der Waals surface area contributed by atoms with E-state index in [4.69, 9.17) is 16.3 Å². The molecule has 2 nitrogen and oxygen atoms in total. The number of hydrogen-bond donors (Lipinski definition) is 0. The third-order valence-electron chi connectivity index (χ3n) is 2.71. The van der Waals surface area contributed by atoms with Crippen LogP contribution in [0.1, 0.15) is 19.3 Å². The second-order valence-corrected chi connectivity index (χ2v) is 4.15. The van der Waals surface area contributed by atoms with Gasteiger partial charge in [0.25, 0.3) is 0 Å². The molecule has 0 spiro atoms. The Kier molecular flexibility index (Phi) is 3.12. The lowest BCUT2D eigenvalue weighted by atomic mass is 10.0. The zero-order chi connectivity index (χ0) is 9.10. The predicted molar refractivity (Wildman–Crippen MR) is 54.0 cm³/mol. The molecular formula is C10H16ClNO. The van der Waals surface area contributed by atoms with Crippen LogP contribution >= 0.6 is 11.6 Å². The molecule has 0 radical (unpaired) electrons. The smallest absolute Gasteiger partial charge is 0.0730 e. The normalized spacial score (nSPS) is 30.1. The number of rotatable bonds is 1. The van der Waals surface area contributed by atoms with E-state index in [1.165, 1.54) is 18.5 Å². The van der Waals surface area contributed by atoms with Crippen molar-refractivity contribution in [3.8, 4) is 0 Å². The number of morpholine rings is 1. The third kappa shape index (κ3) is 2.18. The first-order valence-corrected chi connectivity index (χ1v) is 5.48. The molecule has 0 aromatic heterocycles. The molecule has 1 aliphatic carbocycles. The van der Waals surface area contributed by atoms with E-state index in [1.54, 1.807) is 0 Å². The Labute approximate surface area is 84.5 Å². The Bertz CT molecular complexity index is 199. The second kappa shape index (κ2) is 4.34. The van der Waals surface area contributed by atoms with Gasteiger partial charge >= 0.3 is 0 Å². The average Bonchev–Trinajstić information content (AvgIpc) is 2.20. The summed E-state index contributed by atoms with van der Waals surface area (Å²) in [4.78, 5) is 2.38. The summed E-state index contributed by atoms with van der Waals surface area (Å²) in [7, 11) is 0. The van der Waals surface area contributed by atoms with Crippen molar-refractivity contribution in [2.24, 2.45) is 0 Å². The molecule has 2 rings (SSSR count). The van der Waals surface area contributed by atoms with Crippen molar-refractivity contribution in [3.63, 3.8) is 0 Å². The molecule has 1 fully saturated rings. The molecule has 1 aliphatic heterocycles. The highest BCUT2D eigenvalue weighted by Gasteiger charge is 2.21. The zero-order valence-corrected chi connectivity index (χ0v) is 8.59. The van der Waals surface area contributed by atoms with E-state index in [0.717, 1.165) is 32.7 Å². The average molecular weight is 202 g/mol. The molecule has 1 unspecified atom stereocenters. The number of ether oxygens (including phenoxy) is 1. The van der Waals surface area contributed by atoms with Crippen LogP contribution in [0.5, 0.6) is 0 Å². The maximum Gasteiger partial charge on any atom is 0.0730 e. The molecule has 0 saturated carbocycles. The highest BCUT2D eigenvalue weighted by Crippen LogP contribution is 2.26. The SMILES string of the molecule is ClC1CCCC=C1N1CCOCC1. The van der Waals surface area contributed by atoms with Crippen LogP contribution in [0.15, 0.2) is 11.8 Å². The Morgan fingerprint density at radius 2 is 2.15 bits per heavy atom. The number of halogens is 1. The van der Waals surface area contributed by atoms with Crippen molar-refractivity contribution < 1.29 is 4.74 Å².